The van der Waals surface area contributed by atoms with Gasteiger partial charge in [-0.2, -0.15) is 0 Å². The molecule has 1 aliphatic rings. The lowest BCUT2D eigenvalue weighted by Crippen LogP contribution is -2.28. The largest absolute Gasteiger partial charge is 0.352 e. The van der Waals surface area contributed by atoms with E-state index in [1.807, 2.05) is 0 Å². The van der Waals surface area contributed by atoms with E-state index >= 15 is 0 Å². The van der Waals surface area contributed by atoms with E-state index in [1.54, 1.807) is 6.20 Å². The molecule has 1 heterocycles. The minimum atomic E-state index is -0.368. The van der Waals surface area contributed by atoms with Crippen LogP contribution >= 0.6 is 0 Å². The molecule has 2 unspecified atom stereocenters. The molecule has 0 radical (unpaired) electrons. The van der Waals surface area contributed by atoms with Gasteiger partial charge in [0.25, 0.3) is 0 Å². The molecule has 3 nitrogen and oxygen atoms in total. The summed E-state index contributed by atoms with van der Waals surface area (Å²) in [5.74, 6) is 0.824. The normalized spacial score (nSPS) is 23.1. The molecule has 0 bridgehead atoms. The van der Waals surface area contributed by atoms with Gasteiger partial charge in [0.05, 0.1) is 6.20 Å². The number of rotatable bonds is 4. The second-order valence-corrected chi connectivity index (χ2v) is 5.51. The quantitative estimate of drug-likeness (QED) is 0.908. The number of carbonyl (C=O) groups is 1. The van der Waals surface area contributed by atoms with Gasteiger partial charge >= 0.3 is 0 Å². The van der Waals surface area contributed by atoms with Crippen LogP contribution in [0.3, 0.4) is 0 Å². The number of aromatic nitrogens is 1. The van der Waals surface area contributed by atoms with Crippen molar-refractivity contribution in [1.29, 1.82) is 0 Å². The van der Waals surface area contributed by atoms with Gasteiger partial charge in [-0.05, 0) is 29.9 Å². The standard InChI is InChI=1S/C15H21FN2O/c1-11-4-2-3-5-13(11)7-15(19)18-9-12-6-14(16)10-17-8-12/h6,8,10-11,13H,2-5,7,9H2,1H3,(H,18,19). The summed E-state index contributed by atoms with van der Waals surface area (Å²) in [7, 11) is 0. The SMILES string of the molecule is CC1CCCCC1CC(=O)NCc1cncc(F)c1. The Hall–Kier alpha value is -1.45. The number of nitrogens with zero attached hydrogens (tertiary/aromatic N) is 1. The van der Waals surface area contributed by atoms with Crippen LogP contribution < -0.4 is 5.32 Å². The second kappa shape index (κ2) is 6.64. The fourth-order valence-corrected chi connectivity index (χ4v) is 2.76. The van der Waals surface area contributed by atoms with E-state index in [-0.39, 0.29) is 11.7 Å². The Labute approximate surface area is 113 Å². The monoisotopic (exact) mass is 264 g/mol. The van der Waals surface area contributed by atoms with Crippen molar-refractivity contribution in [2.45, 2.75) is 45.6 Å². The van der Waals surface area contributed by atoms with E-state index in [9.17, 15) is 9.18 Å². The highest BCUT2D eigenvalue weighted by Crippen LogP contribution is 2.31. The van der Waals surface area contributed by atoms with Crippen LogP contribution in [0.5, 0.6) is 0 Å². The Morgan fingerprint density at radius 3 is 2.95 bits per heavy atom. The summed E-state index contributed by atoms with van der Waals surface area (Å²) >= 11 is 0. The molecule has 4 heteroatoms. The summed E-state index contributed by atoms with van der Waals surface area (Å²) in [4.78, 5) is 15.7. The van der Waals surface area contributed by atoms with E-state index in [2.05, 4.69) is 17.2 Å². The van der Waals surface area contributed by atoms with Gasteiger partial charge in [-0.15, -0.1) is 0 Å². The number of hydrogen-bond donors (Lipinski definition) is 1. The molecule has 2 rings (SSSR count). The maximum absolute atomic E-state index is 12.9. The number of amides is 1. The van der Waals surface area contributed by atoms with Crippen LogP contribution in [0.15, 0.2) is 18.5 Å². The van der Waals surface area contributed by atoms with Gasteiger partial charge in [0.15, 0.2) is 0 Å². The zero-order valence-corrected chi connectivity index (χ0v) is 11.4. The highest BCUT2D eigenvalue weighted by molar-refractivity contribution is 5.76. The van der Waals surface area contributed by atoms with Crippen LogP contribution in [-0.4, -0.2) is 10.9 Å². The van der Waals surface area contributed by atoms with Crippen LogP contribution in [0.1, 0.15) is 44.6 Å². The van der Waals surface area contributed by atoms with E-state index < -0.39 is 0 Å². The molecule has 1 aromatic rings. The van der Waals surface area contributed by atoms with E-state index in [0.29, 0.717) is 30.4 Å². The van der Waals surface area contributed by atoms with Crippen molar-refractivity contribution >= 4 is 5.91 Å². The molecule has 1 N–H and O–H groups in total. The Morgan fingerprint density at radius 1 is 1.42 bits per heavy atom. The number of carbonyl (C=O) groups excluding carboxylic acids is 1. The average Bonchev–Trinajstić information content (AvgIpc) is 2.39. The van der Waals surface area contributed by atoms with Gasteiger partial charge in [0, 0.05) is 19.2 Å². The minimum absolute atomic E-state index is 0.0583. The first kappa shape index (κ1) is 14.0. The van der Waals surface area contributed by atoms with Crippen molar-refractivity contribution in [3.8, 4) is 0 Å². The molecular formula is C15H21FN2O. The molecule has 1 aromatic heterocycles. The molecule has 0 aliphatic heterocycles. The van der Waals surface area contributed by atoms with E-state index in [0.717, 1.165) is 12.6 Å². The van der Waals surface area contributed by atoms with Gasteiger partial charge < -0.3 is 5.32 Å². The van der Waals surface area contributed by atoms with Crippen molar-refractivity contribution in [2.75, 3.05) is 0 Å². The maximum Gasteiger partial charge on any atom is 0.220 e. The van der Waals surface area contributed by atoms with Crippen LogP contribution in [0.4, 0.5) is 4.39 Å². The lowest BCUT2D eigenvalue weighted by atomic mass is 9.78. The summed E-state index contributed by atoms with van der Waals surface area (Å²) < 4.78 is 12.9. The number of hydrogen-bond acceptors (Lipinski definition) is 2. The van der Waals surface area contributed by atoms with Gasteiger partial charge in [0.1, 0.15) is 5.82 Å². The number of pyridine rings is 1. The van der Waals surface area contributed by atoms with Crippen molar-refractivity contribution in [2.24, 2.45) is 11.8 Å². The lowest BCUT2D eigenvalue weighted by Gasteiger charge is -2.28. The molecule has 0 aromatic carbocycles. The molecule has 1 amide bonds. The summed E-state index contributed by atoms with van der Waals surface area (Å²) in [6.07, 6.45) is 8.22. The molecule has 0 spiro atoms. The highest BCUT2D eigenvalue weighted by atomic mass is 19.1. The zero-order valence-electron chi connectivity index (χ0n) is 11.4. The van der Waals surface area contributed by atoms with Crippen molar-refractivity contribution in [3.63, 3.8) is 0 Å². The molecule has 19 heavy (non-hydrogen) atoms. The van der Waals surface area contributed by atoms with Crippen LogP contribution in [0.25, 0.3) is 0 Å². The van der Waals surface area contributed by atoms with Crippen LogP contribution in [0, 0.1) is 17.7 Å². The Balaban J connectivity index is 1.78. The smallest absolute Gasteiger partial charge is 0.220 e. The van der Waals surface area contributed by atoms with Crippen molar-refractivity contribution in [3.05, 3.63) is 29.8 Å². The van der Waals surface area contributed by atoms with Gasteiger partial charge in [0.2, 0.25) is 5.91 Å². The second-order valence-electron chi connectivity index (χ2n) is 5.51. The number of nitrogens with one attached hydrogen (secondary N) is 1. The van der Waals surface area contributed by atoms with Gasteiger partial charge in [-0.25, -0.2) is 4.39 Å². The van der Waals surface area contributed by atoms with E-state index in [1.165, 1.54) is 25.3 Å². The summed E-state index contributed by atoms with van der Waals surface area (Å²) in [6, 6.07) is 1.40. The van der Waals surface area contributed by atoms with Crippen molar-refractivity contribution in [1.82, 2.24) is 10.3 Å². The number of halogens is 1. The van der Waals surface area contributed by atoms with Gasteiger partial charge in [-0.1, -0.05) is 26.2 Å². The van der Waals surface area contributed by atoms with Crippen LogP contribution in [-0.2, 0) is 11.3 Å². The molecule has 1 saturated carbocycles. The Bertz CT molecular complexity index is 436. The predicted octanol–water partition coefficient (Wildman–Crippen LogP) is 3.05. The van der Waals surface area contributed by atoms with Crippen LogP contribution in [0.2, 0.25) is 0 Å². The molecule has 2 atom stereocenters. The first-order chi connectivity index (χ1) is 9.15. The fourth-order valence-electron chi connectivity index (χ4n) is 2.76. The zero-order chi connectivity index (χ0) is 13.7. The minimum Gasteiger partial charge on any atom is -0.352 e. The molecule has 0 saturated heterocycles. The summed E-state index contributed by atoms with van der Waals surface area (Å²) in [5.41, 5.74) is 0.699. The predicted molar refractivity (Wildman–Crippen MR) is 71.8 cm³/mol. The maximum atomic E-state index is 12.9. The molecule has 1 aliphatic carbocycles. The third kappa shape index (κ3) is 4.30. The van der Waals surface area contributed by atoms with Crippen molar-refractivity contribution < 1.29 is 9.18 Å². The fraction of sp³-hybridized carbons (Fsp3) is 0.600. The first-order valence-corrected chi connectivity index (χ1v) is 7.01. The summed E-state index contributed by atoms with van der Waals surface area (Å²) in [6.45, 7) is 2.58. The third-order valence-corrected chi connectivity index (χ3v) is 3.99. The molecule has 1 fully saturated rings. The highest BCUT2D eigenvalue weighted by Gasteiger charge is 2.23. The topological polar surface area (TPSA) is 42.0 Å². The first-order valence-electron chi connectivity index (χ1n) is 7.01. The average molecular weight is 264 g/mol. The lowest BCUT2D eigenvalue weighted by molar-refractivity contribution is -0.122. The Kier molecular flexibility index (Phi) is 4.88. The molecule has 104 valence electrons. The van der Waals surface area contributed by atoms with Gasteiger partial charge in [-0.3, -0.25) is 9.78 Å². The van der Waals surface area contributed by atoms with E-state index in [4.69, 9.17) is 0 Å². The molecular weight excluding hydrogens is 243 g/mol. The Morgan fingerprint density at radius 2 is 2.21 bits per heavy atom. The third-order valence-electron chi connectivity index (χ3n) is 3.99. The summed E-state index contributed by atoms with van der Waals surface area (Å²) in [5, 5.41) is 2.85.